The van der Waals surface area contributed by atoms with Gasteiger partial charge in [-0.25, -0.2) is 4.98 Å². The van der Waals surface area contributed by atoms with Crippen molar-refractivity contribution >= 4 is 5.91 Å². The van der Waals surface area contributed by atoms with Gasteiger partial charge in [0.25, 0.3) is 0 Å². The highest BCUT2D eigenvalue weighted by atomic mass is 16.2. The lowest BCUT2D eigenvalue weighted by molar-refractivity contribution is -0.123. The van der Waals surface area contributed by atoms with E-state index in [0.29, 0.717) is 0 Å². The van der Waals surface area contributed by atoms with E-state index in [1.54, 1.807) is 6.20 Å². The highest BCUT2D eigenvalue weighted by Gasteiger charge is 2.58. The molecule has 1 aliphatic carbocycles. The molecule has 1 amide bonds. The van der Waals surface area contributed by atoms with Crippen LogP contribution in [0.25, 0.3) is 0 Å². The van der Waals surface area contributed by atoms with Crippen LogP contribution in [0, 0.1) is 18.3 Å². The van der Waals surface area contributed by atoms with Crippen LogP contribution in [0.1, 0.15) is 36.8 Å². The van der Waals surface area contributed by atoms with Gasteiger partial charge in [0.2, 0.25) is 5.91 Å². The first-order chi connectivity index (χ1) is 13.2. The summed E-state index contributed by atoms with van der Waals surface area (Å²) in [6, 6.07) is 8.65. The number of likely N-dealkylation sites (tertiary alicyclic amines) is 1. The molecule has 1 atom stereocenters. The molecule has 0 radical (unpaired) electrons. The van der Waals surface area contributed by atoms with E-state index in [9.17, 15) is 4.79 Å². The van der Waals surface area contributed by atoms with Crippen LogP contribution in [0.5, 0.6) is 0 Å². The van der Waals surface area contributed by atoms with Crippen LogP contribution in [0.2, 0.25) is 0 Å². The summed E-state index contributed by atoms with van der Waals surface area (Å²) in [5.74, 6) is 0.513. The van der Waals surface area contributed by atoms with E-state index in [0.717, 1.165) is 58.4 Å². The van der Waals surface area contributed by atoms with Crippen LogP contribution in [0.4, 0.5) is 0 Å². The van der Waals surface area contributed by atoms with Gasteiger partial charge in [0, 0.05) is 37.9 Å². The van der Waals surface area contributed by atoms with Crippen LogP contribution in [-0.2, 0) is 17.9 Å². The number of imidazole rings is 1. The first-order valence-corrected chi connectivity index (χ1v) is 10.2. The highest BCUT2D eigenvalue weighted by Crippen LogP contribution is 2.59. The van der Waals surface area contributed by atoms with E-state index < -0.39 is 0 Å². The summed E-state index contributed by atoms with van der Waals surface area (Å²) in [5.41, 5.74) is 3.09. The summed E-state index contributed by atoms with van der Waals surface area (Å²) in [6.45, 7) is 7.10. The molecule has 1 N–H and O–H groups in total. The van der Waals surface area contributed by atoms with Gasteiger partial charge in [0.15, 0.2) is 0 Å². The first kappa shape index (κ1) is 18.2. The number of hydrogen-bond donors (Lipinski definition) is 1. The Morgan fingerprint density at radius 2 is 2.11 bits per heavy atom. The zero-order chi connectivity index (χ0) is 18.7. The number of nitrogens with zero attached hydrogens (tertiary/aromatic N) is 3. The maximum atomic E-state index is 12.5. The Balaban J connectivity index is 1.18. The van der Waals surface area contributed by atoms with Gasteiger partial charge in [-0.2, -0.15) is 0 Å². The zero-order valence-electron chi connectivity index (χ0n) is 16.2. The molecule has 2 heterocycles. The van der Waals surface area contributed by atoms with Crippen molar-refractivity contribution < 1.29 is 4.79 Å². The molecule has 27 heavy (non-hydrogen) atoms. The fourth-order valence-electron chi connectivity index (χ4n) is 4.47. The van der Waals surface area contributed by atoms with E-state index >= 15 is 0 Å². The molecule has 1 aliphatic heterocycles. The number of hydrogen-bond acceptors (Lipinski definition) is 3. The predicted molar refractivity (Wildman–Crippen MR) is 106 cm³/mol. The molecule has 144 valence electrons. The fourth-order valence-corrected chi connectivity index (χ4v) is 4.47. The number of piperidine rings is 1. The smallest absolute Gasteiger partial charge is 0.223 e. The molecule has 1 saturated heterocycles. The molecule has 2 aliphatic rings. The standard InChI is InChI=1S/C22H30N4O/c1-18-5-2-3-6-19(18)16-25-12-7-22(8-13-25)15-20(22)21(27)24-9-4-11-26-14-10-23-17-26/h2-3,5-6,10,14,17,20H,4,7-9,11-13,15-16H2,1H3,(H,24,27). The van der Waals surface area contributed by atoms with Gasteiger partial charge in [-0.1, -0.05) is 24.3 Å². The van der Waals surface area contributed by atoms with Crippen molar-refractivity contribution in [1.82, 2.24) is 19.8 Å². The van der Waals surface area contributed by atoms with Gasteiger partial charge in [-0.15, -0.1) is 0 Å². The van der Waals surface area contributed by atoms with Crippen LogP contribution < -0.4 is 5.32 Å². The normalized spacial score (nSPS) is 21.3. The molecule has 0 bridgehead atoms. The molecule has 1 unspecified atom stereocenters. The number of nitrogens with one attached hydrogen (secondary N) is 1. The topological polar surface area (TPSA) is 50.2 Å². The molecule has 1 spiro atoms. The van der Waals surface area contributed by atoms with Gasteiger partial charge in [0.1, 0.15) is 0 Å². The molecule has 5 nitrogen and oxygen atoms in total. The minimum Gasteiger partial charge on any atom is -0.356 e. The lowest BCUT2D eigenvalue weighted by atomic mass is 9.90. The van der Waals surface area contributed by atoms with Crippen LogP contribution >= 0.6 is 0 Å². The lowest BCUT2D eigenvalue weighted by Crippen LogP contribution is -2.37. The summed E-state index contributed by atoms with van der Waals surface area (Å²) < 4.78 is 2.05. The average molecular weight is 367 g/mol. The van der Waals surface area contributed by atoms with Crippen LogP contribution in [0.3, 0.4) is 0 Å². The summed E-state index contributed by atoms with van der Waals surface area (Å²) in [6.07, 6.45) is 9.92. The third kappa shape index (κ3) is 4.24. The molecule has 5 heteroatoms. The Hall–Kier alpha value is -2.14. The van der Waals surface area contributed by atoms with Crippen molar-refractivity contribution in [2.45, 2.75) is 45.7 Å². The number of rotatable bonds is 7. The Morgan fingerprint density at radius 1 is 1.30 bits per heavy atom. The Bertz CT molecular complexity index is 762. The predicted octanol–water partition coefficient (Wildman–Crippen LogP) is 3.00. The molecular weight excluding hydrogens is 336 g/mol. The first-order valence-electron chi connectivity index (χ1n) is 10.2. The van der Waals surface area contributed by atoms with E-state index in [4.69, 9.17) is 0 Å². The summed E-state index contributed by atoms with van der Waals surface area (Å²) in [5, 5.41) is 3.15. The summed E-state index contributed by atoms with van der Waals surface area (Å²) in [7, 11) is 0. The number of aromatic nitrogens is 2. The average Bonchev–Trinajstić information content (AvgIpc) is 3.11. The Morgan fingerprint density at radius 3 is 2.85 bits per heavy atom. The van der Waals surface area contributed by atoms with Gasteiger partial charge >= 0.3 is 0 Å². The number of amides is 1. The van der Waals surface area contributed by atoms with Crippen molar-refractivity contribution in [3.05, 3.63) is 54.1 Å². The molecule has 1 saturated carbocycles. The van der Waals surface area contributed by atoms with Crippen LogP contribution in [-0.4, -0.2) is 40.0 Å². The number of benzene rings is 1. The fraction of sp³-hybridized carbons (Fsp3) is 0.545. The summed E-state index contributed by atoms with van der Waals surface area (Å²) >= 11 is 0. The molecule has 4 rings (SSSR count). The van der Waals surface area contributed by atoms with Gasteiger partial charge in [0.05, 0.1) is 6.33 Å². The van der Waals surface area contributed by atoms with Crippen LogP contribution in [0.15, 0.2) is 43.0 Å². The Kier molecular flexibility index (Phi) is 5.30. The van der Waals surface area contributed by atoms with Gasteiger partial charge in [-0.05, 0) is 62.2 Å². The zero-order valence-corrected chi connectivity index (χ0v) is 16.2. The monoisotopic (exact) mass is 366 g/mol. The molecule has 2 fully saturated rings. The third-order valence-electron chi connectivity index (χ3n) is 6.46. The van der Waals surface area contributed by atoms with E-state index in [-0.39, 0.29) is 17.2 Å². The minimum absolute atomic E-state index is 0.242. The second kappa shape index (κ2) is 7.85. The maximum Gasteiger partial charge on any atom is 0.223 e. The van der Waals surface area contributed by atoms with Gasteiger partial charge < -0.3 is 9.88 Å². The molecule has 1 aromatic heterocycles. The second-order valence-corrected chi connectivity index (χ2v) is 8.27. The highest BCUT2D eigenvalue weighted by molar-refractivity contribution is 5.82. The van der Waals surface area contributed by atoms with Crippen molar-refractivity contribution in [3.8, 4) is 0 Å². The molecular formula is C22H30N4O. The van der Waals surface area contributed by atoms with E-state index in [2.05, 4.69) is 51.0 Å². The van der Waals surface area contributed by atoms with Crippen molar-refractivity contribution in [3.63, 3.8) is 0 Å². The second-order valence-electron chi connectivity index (χ2n) is 8.27. The van der Waals surface area contributed by atoms with Crippen molar-refractivity contribution in [2.75, 3.05) is 19.6 Å². The number of aryl methyl sites for hydroxylation is 2. The number of carbonyl (C=O) groups excluding carboxylic acids is 1. The maximum absolute atomic E-state index is 12.5. The Labute approximate surface area is 161 Å². The summed E-state index contributed by atoms with van der Waals surface area (Å²) in [4.78, 5) is 19.1. The van der Waals surface area contributed by atoms with Crippen molar-refractivity contribution in [1.29, 1.82) is 0 Å². The minimum atomic E-state index is 0.242. The van der Waals surface area contributed by atoms with Crippen molar-refractivity contribution in [2.24, 2.45) is 11.3 Å². The van der Waals surface area contributed by atoms with Gasteiger partial charge in [-0.3, -0.25) is 9.69 Å². The number of carbonyl (C=O) groups is 1. The molecule has 2 aromatic rings. The van der Waals surface area contributed by atoms with E-state index in [1.165, 1.54) is 11.1 Å². The van der Waals surface area contributed by atoms with E-state index in [1.807, 2.05) is 12.5 Å². The quantitative estimate of drug-likeness (QED) is 0.767. The largest absolute Gasteiger partial charge is 0.356 e. The molecule has 1 aromatic carbocycles. The lowest BCUT2D eigenvalue weighted by Gasteiger charge is -2.33. The SMILES string of the molecule is Cc1ccccc1CN1CCC2(CC1)CC2C(=O)NCCCn1ccnc1. The third-order valence-corrected chi connectivity index (χ3v) is 6.46.